The number of hydrogen-bond acceptors (Lipinski definition) is 1. The van der Waals surface area contributed by atoms with E-state index in [1.165, 1.54) is 0 Å². The van der Waals surface area contributed by atoms with E-state index in [4.69, 9.17) is 15.0 Å². The smallest absolute Gasteiger partial charge is 0 e. The van der Waals surface area contributed by atoms with Crippen molar-refractivity contribution in [2.75, 3.05) is 0 Å². The molecule has 5 heteroatoms. The van der Waals surface area contributed by atoms with Crippen LogP contribution in [0.2, 0.25) is 0 Å². The van der Waals surface area contributed by atoms with Gasteiger partial charge in [-0.25, -0.2) is 4.79 Å². The number of rotatable bonds is 0. The summed E-state index contributed by atoms with van der Waals surface area (Å²) in [6.45, 7) is 0. The summed E-state index contributed by atoms with van der Waals surface area (Å²) in [5.74, 6) is 0. The summed E-state index contributed by atoms with van der Waals surface area (Å²) >= 11 is 0. The van der Waals surface area contributed by atoms with Crippen LogP contribution in [0.3, 0.4) is 0 Å². The van der Waals surface area contributed by atoms with Gasteiger partial charge in [-0.15, -0.1) is 0 Å². The molecule has 0 saturated carbocycles. The molecule has 31 valence electrons. The van der Waals surface area contributed by atoms with Gasteiger partial charge in [0.25, 0.3) is 0 Å². The first-order chi connectivity index (χ1) is 1.73. The van der Waals surface area contributed by atoms with Crippen LogP contribution in [0.4, 0.5) is 4.79 Å². The standard InChI is InChI=1S/CH2O3.Na.Nb.H/c2-1(3)4;;;/h(H2,2,3,4);;;. The molecular formula is CH3NaNbO3. The van der Waals surface area contributed by atoms with Crippen LogP contribution in [0.1, 0.15) is 0 Å². The molecule has 0 aromatic heterocycles. The van der Waals surface area contributed by atoms with Gasteiger partial charge in [0.2, 0.25) is 0 Å². The van der Waals surface area contributed by atoms with Crippen LogP contribution in [0.5, 0.6) is 0 Å². The van der Waals surface area contributed by atoms with E-state index in [2.05, 4.69) is 0 Å². The molecule has 2 N–H and O–H groups in total. The Morgan fingerprint density at radius 3 is 1.33 bits per heavy atom. The van der Waals surface area contributed by atoms with Gasteiger partial charge in [0, 0.05) is 22.4 Å². The van der Waals surface area contributed by atoms with Gasteiger partial charge in [0.15, 0.2) is 0 Å². The third-order valence-electron chi connectivity index (χ3n) is 0. The van der Waals surface area contributed by atoms with Crippen LogP contribution < -0.4 is 0 Å². The third-order valence-corrected chi connectivity index (χ3v) is 0. The Balaban J connectivity index is -0.0000000450. The molecule has 3 nitrogen and oxygen atoms in total. The van der Waals surface area contributed by atoms with E-state index in [-0.39, 0.29) is 51.9 Å². The second kappa shape index (κ2) is 9.38. The van der Waals surface area contributed by atoms with Crippen LogP contribution in [-0.2, 0) is 22.4 Å². The second-order valence-corrected chi connectivity index (χ2v) is 0.283. The van der Waals surface area contributed by atoms with Crippen LogP contribution in [0, 0.1) is 0 Å². The molecule has 0 aliphatic carbocycles. The molecule has 0 unspecified atom stereocenters. The van der Waals surface area contributed by atoms with Gasteiger partial charge in [-0.3, -0.25) is 0 Å². The van der Waals surface area contributed by atoms with Gasteiger partial charge in [0.1, 0.15) is 0 Å². The van der Waals surface area contributed by atoms with Crippen LogP contribution in [0.25, 0.3) is 0 Å². The zero-order chi connectivity index (χ0) is 3.58. The fourth-order valence-corrected chi connectivity index (χ4v) is 0. The third kappa shape index (κ3) is 78.9. The maximum atomic E-state index is 8.56. The minimum absolute atomic E-state index is 0. The molecule has 0 fully saturated rings. The average molecular weight is 179 g/mol. The van der Waals surface area contributed by atoms with Gasteiger partial charge in [0.05, 0.1) is 0 Å². The topological polar surface area (TPSA) is 57.5 Å². The van der Waals surface area contributed by atoms with Crippen molar-refractivity contribution in [3.63, 3.8) is 0 Å². The molecule has 0 bridgehead atoms. The molecule has 6 heavy (non-hydrogen) atoms. The quantitative estimate of drug-likeness (QED) is 0.496. The van der Waals surface area contributed by atoms with Crippen molar-refractivity contribution in [2.45, 2.75) is 0 Å². The van der Waals surface area contributed by atoms with Crippen LogP contribution in [-0.4, -0.2) is 45.9 Å². The predicted molar refractivity (Wildman–Crippen MR) is 17.8 cm³/mol. The molecule has 0 aromatic rings. The first-order valence-electron chi connectivity index (χ1n) is 0.651. The second-order valence-electron chi connectivity index (χ2n) is 0.283. The molecule has 0 amide bonds. The Kier molecular flexibility index (Phi) is 24.6. The van der Waals surface area contributed by atoms with Crippen molar-refractivity contribution < 1.29 is 37.4 Å². The van der Waals surface area contributed by atoms with E-state index >= 15 is 0 Å². The van der Waals surface area contributed by atoms with Crippen molar-refractivity contribution in [1.29, 1.82) is 0 Å². The molecule has 0 heterocycles. The van der Waals surface area contributed by atoms with Gasteiger partial charge in [-0.2, -0.15) is 0 Å². The average Bonchev–Trinajstić information content (AvgIpc) is 0.811. The van der Waals surface area contributed by atoms with E-state index in [1.54, 1.807) is 0 Å². The van der Waals surface area contributed by atoms with E-state index in [9.17, 15) is 0 Å². The molecule has 0 saturated heterocycles. The van der Waals surface area contributed by atoms with E-state index in [0.717, 1.165) is 0 Å². The molecular weight excluding hydrogens is 176 g/mol. The van der Waals surface area contributed by atoms with Crippen LogP contribution >= 0.6 is 0 Å². The Labute approximate surface area is 72.5 Å². The molecule has 0 aliphatic heterocycles. The first kappa shape index (κ1) is 15.7. The predicted octanol–water partition coefficient (Wildman–Crippen LogP) is -0.429. The summed E-state index contributed by atoms with van der Waals surface area (Å²) in [6.07, 6.45) is -1.83. The maximum Gasteiger partial charge on any atom is 0 e. The summed E-state index contributed by atoms with van der Waals surface area (Å²) in [6, 6.07) is 0. The summed E-state index contributed by atoms with van der Waals surface area (Å²) in [4.78, 5) is 8.56. The zero-order valence-corrected chi connectivity index (χ0v) is 4.45. The molecule has 0 rings (SSSR count). The molecule has 0 aliphatic rings. The van der Waals surface area contributed by atoms with Crippen molar-refractivity contribution >= 4 is 35.7 Å². The van der Waals surface area contributed by atoms with E-state index < -0.39 is 6.16 Å². The van der Waals surface area contributed by atoms with E-state index in [1.807, 2.05) is 0 Å². The zero-order valence-electron chi connectivity index (χ0n) is 2.25. The summed E-state index contributed by atoms with van der Waals surface area (Å²) in [7, 11) is 0. The Hall–Kier alpha value is 1.01. The number of hydrogen-bond donors (Lipinski definition) is 2. The van der Waals surface area contributed by atoms with Gasteiger partial charge >= 0.3 is 35.7 Å². The normalized spacial score (nSPS) is 4.00. The van der Waals surface area contributed by atoms with Crippen molar-refractivity contribution in [3.8, 4) is 0 Å². The van der Waals surface area contributed by atoms with Gasteiger partial charge in [-0.05, 0) is 0 Å². The monoisotopic (exact) mass is 179 g/mol. The number of carbonyl (C=O) groups is 1. The molecule has 0 atom stereocenters. The molecule has 0 spiro atoms. The minimum Gasteiger partial charge on any atom is 0 e. The maximum absolute atomic E-state index is 8.56. The Bertz CT molecular complexity index is 33.8. The largest absolute Gasteiger partial charge is 0 e. The fraction of sp³-hybridized carbons (Fsp3) is 0. The van der Waals surface area contributed by atoms with Crippen molar-refractivity contribution in [3.05, 3.63) is 0 Å². The first-order valence-corrected chi connectivity index (χ1v) is 0.651. The molecule has 1 radical (unpaired) electrons. The summed E-state index contributed by atoms with van der Waals surface area (Å²) in [5, 5.41) is 13.9. The fourth-order valence-electron chi connectivity index (χ4n) is 0. The van der Waals surface area contributed by atoms with Gasteiger partial charge < -0.3 is 10.2 Å². The van der Waals surface area contributed by atoms with E-state index in [0.29, 0.717) is 0 Å². The summed E-state index contributed by atoms with van der Waals surface area (Å²) < 4.78 is 0. The van der Waals surface area contributed by atoms with Gasteiger partial charge in [-0.1, -0.05) is 0 Å². The molecule has 0 aromatic carbocycles. The minimum atomic E-state index is -1.83. The van der Waals surface area contributed by atoms with Crippen molar-refractivity contribution in [2.24, 2.45) is 0 Å². The number of carboxylic acid groups (broad SMARTS) is 2. The van der Waals surface area contributed by atoms with Crippen LogP contribution in [0.15, 0.2) is 0 Å². The SMILES string of the molecule is O=C(O)O.[NaH].[Nb]. The Morgan fingerprint density at radius 1 is 1.33 bits per heavy atom. The summed E-state index contributed by atoms with van der Waals surface area (Å²) in [5.41, 5.74) is 0. The van der Waals surface area contributed by atoms with Crippen molar-refractivity contribution in [1.82, 2.24) is 0 Å². The Morgan fingerprint density at radius 2 is 1.33 bits per heavy atom.